The van der Waals surface area contributed by atoms with Crippen molar-refractivity contribution in [1.82, 2.24) is 0 Å². The normalized spacial score (nSPS) is 11.2. The number of rotatable bonds is 6. The average Bonchev–Trinajstić information content (AvgIpc) is 3.38. The third kappa shape index (κ3) is 9.77. The zero-order valence-corrected chi connectivity index (χ0v) is 25.5. The molecule has 0 N–H and O–H groups in total. The summed E-state index contributed by atoms with van der Waals surface area (Å²) in [5.74, 6) is 1.60. The summed E-state index contributed by atoms with van der Waals surface area (Å²) in [4.78, 5) is 0. The van der Waals surface area contributed by atoms with E-state index >= 15 is 0 Å². The van der Waals surface area contributed by atoms with Crippen LogP contribution in [-0.4, -0.2) is 25.7 Å². The Kier molecular flexibility index (Phi) is 13.2. The Labute approximate surface area is 220 Å². The minimum absolute atomic E-state index is 0.0185. The fourth-order valence-corrected chi connectivity index (χ4v) is 7.65. The number of hydrogen-bond donors (Lipinski definition) is 0. The van der Waals surface area contributed by atoms with Gasteiger partial charge in [-0.2, -0.15) is 12.1 Å². The average molecular weight is 553 g/mol. The van der Waals surface area contributed by atoms with Crippen LogP contribution in [0.15, 0.2) is 72.8 Å². The van der Waals surface area contributed by atoms with Gasteiger partial charge in [-0.05, 0) is 37.5 Å². The topological polar surface area (TPSA) is 0 Å². The van der Waals surface area contributed by atoms with E-state index in [1.54, 1.807) is 5.30 Å². The Balaban J connectivity index is 0.000000221. The molecule has 0 saturated heterocycles. The Morgan fingerprint density at radius 2 is 1.12 bits per heavy atom. The van der Waals surface area contributed by atoms with Gasteiger partial charge < -0.3 is 0 Å². The predicted molar refractivity (Wildman–Crippen MR) is 155 cm³/mol. The van der Waals surface area contributed by atoms with Crippen molar-refractivity contribution in [3.8, 4) is 0 Å². The van der Waals surface area contributed by atoms with Crippen LogP contribution < -0.4 is 10.6 Å². The van der Waals surface area contributed by atoms with E-state index in [0.29, 0.717) is 0 Å². The molecule has 0 radical (unpaired) electrons. The maximum atomic E-state index is 4.89. The number of fused-ring (bicyclic) bond motifs is 2. The molecule has 4 aromatic carbocycles. The van der Waals surface area contributed by atoms with Crippen molar-refractivity contribution in [2.75, 3.05) is 25.7 Å². The predicted octanol–water partition coefficient (Wildman–Crippen LogP) is 9.28. The van der Waals surface area contributed by atoms with Gasteiger partial charge in [0.05, 0.1) is 0 Å². The first kappa shape index (κ1) is 29.0. The second-order valence-electron chi connectivity index (χ2n) is 9.34. The zero-order valence-electron chi connectivity index (χ0n) is 20.6. The molecule has 0 amide bonds. The van der Waals surface area contributed by atoms with E-state index in [-0.39, 0.29) is 15.8 Å². The third-order valence-corrected chi connectivity index (χ3v) is 9.88. The van der Waals surface area contributed by atoms with E-state index in [9.17, 15) is 0 Å². The summed E-state index contributed by atoms with van der Waals surface area (Å²) in [6.45, 7) is 14.0. The van der Waals surface area contributed by atoms with E-state index in [2.05, 4.69) is 114 Å². The van der Waals surface area contributed by atoms with E-state index in [1.165, 1.54) is 39.2 Å². The van der Waals surface area contributed by atoms with E-state index in [4.69, 9.17) is 18.6 Å². The maximum absolute atomic E-state index is 4.89. The van der Waals surface area contributed by atoms with Gasteiger partial charge in [-0.3, -0.25) is 0 Å². The van der Waals surface area contributed by atoms with Crippen LogP contribution in [0.2, 0.25) is 0 Å². The standard InChI is InChI=1S/C17H24P.C11H12P.2ClH.Ti/c1-13(2)11-18(12-14(3)4)17-9-15-7-5-6-8-16(15)10-17;1-12(2)11-7-9-5-3-4-6-10(9)8-11;;;/h5-10,13-14H,11-12H2,1-4H3;3-8H,1-2H3;2*1H;/q2*-1;;;+2/p-2. The Bertz CT molecular complexity index is 1010. The SMILES string of the molecule is CC(C)CP(CC(C)C)c1cc2ccccc2[cH-]1.CP(C)c1cc2ccccc2[cH-]1.[Cl][Ti][Cl]. The van der Waals surface area contributed by atoms with Crippen molar-refractivity contribution in [1.29, 1.82) is 0 Å². The molecule has 0 heterocycles. The quantitative estimate of drug-likeness (QED) is 0.127. The molecular formula is C28H36Cl2P2Ti-2. The van der Waals surface area contributed by atoms with Gasteiger partial charge in [-0.25, -0.2) is 0 Å². The third-order valence-electron chi connectivity index (χ3n) is 5.26. The van der Waals surface area contributed by atoms with Gasteiger partial charge in [0, 0.05) is 0 Å². The van der Waals surface area contributed by atoms with Gasteiger partial charge in [0.2, 0.25) is 0 Å². The van der Waals surface area contributed by atoms with E-state index in [1.807, 2.05) is 0 Å². The molecule has 0 unspecified atom stereocenters. The number of benzene rings is 2. The van der Waals surface area contributed by atoms with Crippen molar-refractivity contribution in [3.05, 3.63) is 72.8 Å². The summed E-state index contributed by atoms with van der Waals surface area (Å²) in [5.41, 5.74) is 0. The molecule has 0 saturated carbocycles. The van der Waals surface area contributed by atoms with Crippen molar-refractivity contribution in [3.63, 3.8) is 0 Å². The Morgan fingerprint density at radius 1 is 0.727 bits per heavy atom. The zero-order chi connectivity index (χ0) is 24.4. The van der Waals surface area contributed by atoms with Crippen molar-refractivity contribution < 1.29 is 17.0 Å². The molecule has 178 valence electrons. The molecule has 0 spiro atoms. The van der Waals surface area contributed by atoms with Crippen molar-refractivity contribution >= 4 is 66.6 Å². The molecule has 33 heavy (non-hydrogen) atoms. The molecular weight excluding hydrogens is 517 g/mol. The molecule has 0 aliphatic carbocycles. The van der Waals surface area contributed by atoms with Crippen LogP contribution in [-0.2, 0) is 17.0 Å². The molecule has 0 aliphatic rings. The van der Waals surface area contributed by atoms with Gasteiger partial charge in [-0.15, -0.1) is 88.6 Å². The van der Waals surface area contributed by atoms with Crippen LogP contribution in [0.25, 0.3) is 21.5 Å². The van der Waals surface area contributed by atoms with Gasteiger partial charge in [0.15, 0.2) is 0 Å². The summed E-state index contributed by atoms with van der Waals surface area (Å²) >= 11 is -0.556. The first-order valence-corrected chi connectivity index (χ1v) is 19.7. The van der Waals surface area contributed by atoms with Crippen LogP contribution >= 0.6 is 34.5 Å². The molecule has 4 rings (SSSR count). The van der Waals surface area contributed by atoms with E-state index in [0.717, 1.165) is 11.8 Å². The van der Waals surface area contributed by atoms with Crippen LogP contribution in [0.5, 0.6) is 0 Å². The molecule has 0 nitrogen and oxygen atoms in total. The van der Waals surface area contributed by atoms with Gasteiger partial charge in [0.25, 0.3) is 0 Å². The van der Waals surface area contributed by atoms with Crippen molar-refractivity contribution in [2.45, 2.75) is 27.7 Å². The summed E-state index contributed by atoms with van der Waals surface area (Å²) in [5, 5.41) is 8.69. The molecule has 4 aromatic rings. The van der Waals surface area contributed by atoms with E-state index < -0.39 is 17.0 Å². The molecule has 5 heteroatoms. The summed E-state index contributed by atoms with van der Waals surface area (Å²) in [6.07, 6.45) is 2.73. The monoisotopic (exact) mass is 552 g/mol. The van der Waals surface area contributed by atoms with Gasteiger partial charge in [-0.1, -0.05) is 47.7 Å². The first-order valence-electron chi connectivity index (χ1n) is 11.4. The summed E-state index contributed by atoms with van der Waals surface area (Å²) in [6, 6.07) is 26.8. The second-order valence-corrected chi connectivity index (χ2v) is 16.6. The van der Waals surface area contributed by atoms with Crippen LogP contribution in [0.1, 0.15) is 27.7 Å². The fraction of sp³-hybridized carbons (Fsp3) is 0.357. The Morgan fingerprint density at radius 3 is 1.52 bits per heavy atom. The molecule has 0 bridgehead atoms. The molecule has 0 atom stereocenters. The molecule has 0 aliphatic heterocycles. The Hall–Kier alpha value is -0.186. The fourth-order valence-electron chi connectivity index (χ4n) is 3.88. The number of halogens is 2. The minimum atomic E-state index is -0.556. The second kappa shape index (κ2) is 15.0. The van der Waals surface area contributed by atoms with Gasteiger partial charge in [0.1, 0.15) is 0 Å². The summed E-state index contributed by atoms with van der Waals surface area (Å²) < 4.78 is 0. The first-order chi connectivity index (χ1) is 15.7. The van der Waals surface area contributed by atoms with Crippen LogP contribution in [0.4, 0.5) is 0 Å². The molecule has 0 fully saturated rings. The number of hydrogen-bond acceptors (Lipinski definition) is 0. The van der Waals surface area contributed by atoms with Crippen LogP contribution in [0, 0.1) is 11.8 Å². The van der Waals surface area contributed by atoms with Gasteiger partial charge >= 0.3 is 35.6 Å². The van der Waals surface area contributed by atoms with Crippen molar-refractivity contribution in [2.24, 2.45) is 11.8 Å². The summed E-state index contributed by atoms with van der Waals surface area (Å²) in [7, 11) is 9.85. The van der Waals surface area contributed by atoms with Crippen LogP contribution in [0.3, 0.4) is 0 Å². The molecule has 0 aromatic heterocycles.